The molecule has 1 fully saturated rings. The summed E-state index contributed by atoms with van der Waals surface area (Å²) in [6.45, 7) is 8.17. The summed E-state index contributed by atoms with van der Waals surface area (Å²) in [4.78, 5) is 24.2. The maximum Gasteiger partial charge on any atom is 0.229 e. The largest absolute Gasteiger partial charge is 0.285 e. The minimum Gasteiger partial charge on any atom is -0.285 e. The zero-order chi connectivity index (χ0) is 12.8. The Kier molecular flexibility index (Phi) is 2.84. The average Bonchev–Trinajstić information content (AvgIpc) is 2.26. The van der Waals surface area contributed by atoms with Crippen LogP contribution >= 0.6 is 0 Å². The predicted octanol–water partition coefficient (Wildman–Crippen LogP) is 3.23. The molecule has 2 atom stereocenters. The van der Waals surface area contributed by atoms with Crippen LogP contribution in [0.15, 0.2) is 22.8 Å². The lowest BCUT2D eigenvalue weighted by molar-refractivity contribution is -0.134. The number of carbonyl (C=O) groups excluding carboxylic acids is 2. The summed E-state index contributed by atoms with van der Waals surface area (Å²) in [6, 6.07) is 0. The van der Waals surface area contributed by atoms with Crippen LogP contribution in [0.4, 0.5) is 0 Å². The lowest BCUT2D eigenvalue weighted by atomic mass is 9.59. The van der Waals surface area contributed by atoms with Crippen LogP contribution in [-0.2, 0) is 9.59 Å². The highest BCUT2D eigenvalue weighted by Gasteiger charge is 2.47. The summed E-state index contributed by atoms with van der Waals surface area (Å²) in [6.07, 6.45) is 4.75. The van der Waals surface area contributed by atoms with Crippen molar-refractivity contribution in [3.63, 3.8) is 0 Å². The third-order valence-corrected chi connectivity index (χ3v) is 4.52. The average molecular weight is 232 g/mol. The van der Waals surface area contributed by atoms with Crippen molar-refractivity contribution in [3.8, 4) is 0 Å². The molecule has 17 heavy (non-hydrogen) atoms. The predicted molar refractivity (Wildman–Crippen MR) is 67.6 cm³/mol. The monoisotopic (exact) mass is 232 g/mol. The molecule has 2 heteroatoms. The number of Topliss-reactive ketones (excluding diaryl/α,β-unsaturated/α-hetero) is 2. The van der Waals surface area contributed by atoms with Gasteiger partial charge in [-0.2, -0.15) is 0 Å². The van der Waals surface area contributed by atoms with Gasteiger partial charge in [-0.3, -0.25) is 9.59 Å². The number of hydrogen-bond acceptors (Lipinski definition) is 2. The molecule has 0 aliphatic heterocycles. The van der Waals surface area contributed by atoms with E-state index < -0.39 is 0 Å². The Labute approximate surface area is 103 Å². The fraction of sp³-hybridized carbons (Fsp3) is 0.600. The molecular weight excluding hydrogens is 212 g/mol. The quantitative estimate of drug-likeness (QED) is 0.474. The molecule has 1 saturated carbocycles. The van der Waals surface area contributed by atoms with Crippen LogP contribution in [0, 0.1) is 11.3 Å². The molecule has 2 nitrogen and oxygen atoms in total. The van der Waals surface area contributed by atoms with Gasteiger partial charge in [0.15, 0.2) is 0 Å². The maximum absolute atomic E-state index is 12.2. The van der Waals surface area contributed by atoms with E-state index in [0.29, 0.717) is 5.92 Å². The Hall–Kier alpha value is -1.18. The highest BCUT2D eigenvalue weighted by molar-refractivity contribution is 6.50. The zero-order valence-corrected chi connectivity index (χ0v) is 11.1. The Morgan fingerprint density at radius 3 is 2.53 bits per heavy atom. The molecule has 0 radical (unpaired) electrons. The van der Waals surface area contributed by atoms with Crippen LogP contribution in [0.1, 0.15) is 47.0 Å². The van der Waals surface area contributed by atoms with Crippen molar-refractivity contribution in [2.24, 2.45) is 11.3 Å². The molecule has 0 N–H and O–H groups in total. The minimum absolute atomic E-state index is 0.129. The van der Waals surface area contributed by atoms with Gasteiger partial charge in [0.05, 0.1) is 0 Å². The summed E-state index contributed by atoms with van der Waals surface area (Å²) < 4.78 is 0. The van der Waals surface area contributed by atoms with Crippen molar-refractivity contribution in [3.05, 3.63) is 22.8 Å². The van der Waals surface area contributed by atoms with E-state index in [0.717, 1.165) is 36.0 Å². The number of hydrogen-bond donors (Lipinski definition) is 0. The van der Waals surface area contributed by atoms with Crippen molar-refractivity contribution in [1.82, 2.24) is 0 Å². The van der Waals surface area contributed by atoms with E-state index in [2.05, 4.69) is 13.8 Å². The summed E-state index contributed by atoms with van der Waals surface area (Å²) in [5.74, 6) is -0.0711. The molecule has 0 amide bonds. The molecule has 0 saturated heterocycles. The van der Waals surface area contributed by atoms with E-state index in [1.165, 1.54) is 0 Å². The topological polar surface area (TPSA) is 34.1 Å². The van der Waals surface area contributed by atoms with E-state index in [4.69, 9.17) is 0 Å². The fourth-order valence-corrected chi connectivity index (χ4v) is 3.03. The van der Waals surface area contributed by atoms with Crippen LogP contribution in [0.2, 0.25) is 0 Å². The number of ketones is 2. The Morgan fingerprint density at radius 1 is 1.29 bits per heavy atom. The first-order valence-electron chi connectivity index (χ1n) is 6.34. The van der Waals surface area contributed by atoms with Gasteiger partial charge in [0.1, 0.15) is 0 Å². The normalized spacial score (nSPS) is 33.3. The summed E-state index contributed by atoms with van der Waals surface area (Å²) in [5.41, 5.74) is 2.37. The molecule has 2 rings (SSSR count). The number of rotatable bonds is 0. The standard InChI is InChI=1S/C15H20O2/c1-9(2)11-8-15(4)10(3)6-5-7-12(15)14(17)13(11)16/h7,10H,5-6,8H2,1-4H3/t10-,15+/m0/s1. The zero-order valence-electron chi connectivity index (χ0n) is 11.1. The van der Waals surface area contributed by atoms with Gasteiger partial charge in [-0.1, -0.05) is 25.5 Å². The molecule has 92 valence electrons. The molecule has 0 heterocycles. The first-order chi connectivity index (χ1) is 7.88. The molecule has 0 spiro atoms. The van der Waals surface area contributed by atoms with E-state index >= 15 is 0 Å². The fourth-order valence-electron chi connectivity index (χ4n) is 3.03. The molecule has 0 unspecified atom stereocenters. The number of allylic oxidation sites excluding steroid dienone is 4. The molecule has 0 aromatic rings. The molecular formula is C15H20O2. The second kappa shape index (κ2) is 3.94. The first-order valence-corrected chi connectivity index (χ1v) is 6.34. The van der Waals surface area contributed by atoms with Crippen molar-refractivity contribution >= 4 is 11.6 Å². The molecule has 0 aromatic carbocycles. The minimum atomic E-state index is -0.275. The van der Waals surface area contributed by atoms with Crippen molar-refractivity contribution < 1.29 is 9.59 Å². The third kappa shape index (κ3) is 1.70. The smallest absolute Gasteiger partial charge is 0.229 e. The van der Waals surface area contributed by atoms with E-state index in [1.54, 1.807) is 0 Å². The van der Waals surface area contributed by atoms with Gasteiger partial charge in [0, 0.05) is 16.6 Å². The van der Waals surface area contributed by atoms with Crippen LogP contribution in [0.25, 0.3) is 0 Å². The van der Waals surface area contributed by atoms with Gasteiger partial charge in [0.25, 0.3) is 0 Å². The molecule has 2 aliphatic rings. The summed E-state index contributed by atoms with van der Waals surface area (Å²) in [7, 11) is 0. The number of fused-ring (bicyclic) bond motifs is 1. The molecule has 0 bridgehead atoms. The first kappa shape index (κ1) is 12.3. The Bertz CT molecular complexity index is 450. The van der Waals surface area contributed by atoms with Gasteiger partial charge in [-0.05, 0) is 39.0 Å². The van der Waals surface area contributed by atoms with E-state index in [9.17, 15) is 9.59 Å². The molecule has 2 aliphatic carbocycles. The number of carbonyl (C=O) groups is 2. The highest BCUT2D eigenvalue weighted by Crippen LogP contribution is 2.50. The third-order valence-electron chi connectivity index (χ3n) is 4.52. The van der Waals surface area contributed by atoms with Crippen LogP contribution in [0.3, 0.4) is 0 Å². The second-order valence-electron chi connectivity index (χ2n) is 5.83. The Balaban J connectivity index is 2.55. The van der Waals surface area contributed by atoms with Crippen molar-refractivity contribution in [2.45, 2.75) is 47.0 Å². The second-order valence-corrected chi connectivity index (χ2v) is 5.83. The van der Waals surface area contributed by atoms with Gasteiger partial charge in [-0.15, -0.1) is 0 Å². The van der Waals surface area contributed by atoms with Crippen LogP contribution in [-0.4, -0.2) is 11.6 Å². The SMILES string of the molecule is CC(C)=C1C[C@@]2(C)C(=CCC[C@@H]2C)C(=O)C1=O. The van der Waals surface area contributed by atoms with Gasteiger partial charge in [-0.25, -0.2) is 0 Å². The Morgan fingerprint density at radius 2 is 1.94 bits per heavy atom. The van der Waals surface area contributed by atoms with Crippen LogP contribution in [0.5, 0.6) is 0 Å². The summed E-state index contributed by atoms with van der Waals surface area (Å²) >= 11 is 0. The molecule has 0 aromatic heterocycles. The van der Waals surface area contributed by atoms with E-state index in [-0.39, 0.29) is 17.0 Å². The van der Waals surface area contributed by atoms with Gasteiger partial charge >= 0.3 is 0 Å². The van der Waals surface area contributed by atoms with E-state index in [1.807, 2.05) is 19.9 Å². The lowest BCUT2D eigenvalue weighted by Crippen LogP contribution is -2.42. The summed E-state index contributed by atoms with van der Waals surface area (Å²) in [5, 5.41) is 0. The van der Waals surface area contributed by atoms with Crippen molar-refractivity contribution in [1.29, 1.82) is 0 Å². The van der Waals surface area contributed by atoms with Gasteiger partial charge < -0.3 is 0 Å². The van der Waals surface area contributed by atoms with Gasteiger partial charge in [0.2, 0.25) is 11.6 Å². The van der Waals surface area contributed by atoms with Crippen molar-refractivity contribution in [2.75, 3.05) is 0 Å². The maximum atomic E-state index is 12.2. The lowest BCUT2D eigenvalue weighted by Gasteiger charge is -2.43. The highest BCUT2D eigenvalue weighted by atomic mass is 16.2. The van der Waals surface area contributed by atoms with Crippen LogP contribution < -0.4 is 0 Å².